The van der Waals surface area contributed by atoms with Crippen LogP contribution in [0.3, 0.4) is 0 Å². The third-order valence-corrected chi connectivity index (χ3v) is 8.20. The minimum atomic E-state index is -0.504. The quantitative estimate of drug-likeness (QED) is 0.256. The molecule has 10 heteroatoms. The number of aliphatic imine (C=N–C) groups is 1. The van der Waals surface area contributed by atoms with Gasteiger partial charge in [0, 0.05) is 41.2 Å². The molecule has 0 fully saturated rings. The fourth-order valence-electron chi connectivity index (χ4n) is 5.67. The zero-order valence-corrected chi connectivity index (χ0v) is 26.5. The maximum Gasteiger partial charge on any atom is 0.318 e. The van der Waals surface area contributed by atoms with E-state index in [4.69, 9.17) is 4.99 Å². The monoisotopic (exact) mass is 607 g/mol. The van der Waals surface area contributed by atoms with Crippen molar-refractivity contribution in [2.75, 3.05) is 49.7 Å². The Labute approximate surface area is 264 Å². The third-order valence-electron chi connectivity index (χ3n) is 8.20. The highest BCUT2D eigenvalue weighted by Gasteiger charge is 2.45. The molecule has 10 nitrogen and oxygen atoms in total. The van der Waals surface area contributed by atoms with E-state index >= 15 is 0 Å². The van der Waals surface area contributed by atoms with Crippen LogP contribution < -0.4 is 21.3 Å². The lowest BCUT2D eigenvalue weighted by atomic mass is 9.94. The summed E-state index contributed by atoms with van der Waals surface area (Å²) in [6.07, 6.45) is 0.384. The number of amidine groups is 1. The molecule has 0 saturated heterocycles. The Morgan fingerprint density at radius 2 is 1.62 bits per heavy atom. The van der Waals surface area contributed by atoms with Crippen molar-refractivity contribution < 1.29 is 14.4 Å². The number of rotatable bonds is 9. The van der Waals surface area contributed by atoms with Crippen LogP contribution in [0.5, 0.6) is 0 Å². The van der Waals surface area contributed by atoms with Crippen molar-refractivity contribution in [3.8, 4) is 0 Å². The van der Waals surface area contributed by atoms with Crippen molar-refractivity contribution >= 4 is 40.7 Å². The lowest BCUT2D eigenvalue weighted by molar-refractivity contribution is -0.115. The Morgan fingerprint density at radius 3 is 2.31 bits per heavy atom. The van der Waals surface area contributed by atoms with Crippen LogP contribution in [0.1, 0.15) is 49.2 Å². The standard InChI is InChI=1S/C35H41N7O3/c1-6-31(43)37-25-17-15-24(16-18-25)33(44)39-27-14-10-13-26(19-27)38-32-28-21-42(35(2,3)29(28)20-36-32)34(45)40-30(22-41(4)5)23-11-8-7-9-12-23/h7-19,30H,6,20-22H2,1-5H3,(H,36,38)(H,37,43)(H,39,44)(H,40,45)/t30-/m1/s1. The largest absolute Gasteiger partial charge is 0.340 e. The van der Waals surface area contributed by atoms with Crippen molar-refractivity contribution in [2.24, 2.45) is 4.99 Å². The molecule has 0 saturated carbocycles. The van der Waals surface area contributed by atoms with Crippen molar-refractivity contribution in [3.63, 3.8) is 0 Å². The molecule has 234 valence electrons. The van der Waals surface area contributed by atoms with Gasteiger partial charge in [-0.1, -0.05) is 43.3 Å². The minimum Gasteiger partial charge on any atom is -0.340 e. The number of hydrogen-bond acceptors (Lipinski definition) is 6. The van der Waals surface area contributed by atoms with E-state index in [2.05, 4.69) is 40.0 Å². The van der Waals surface area contributed by atoms with Gasteiger partial charge in [-0.2, -0.15) is 0 Å². The van der Waals surface area contributed by atoms with Crippen LogP contribution in [0.15, 0.2) is 95.0 Å². The summed E-state index contributed by atoms with van der Waals surface area (Å²) in [6.45, 7) is 7.55. The lowest BCUT2D eigenvalue weighted by Gasteiger charge is -2.36. The van der Waals surface area contributed by atoms with E-state index in [0.29, 0.717) is 43.0 Å². The molecular weight excluding hydrogens is 566 g/mol. The van der Waals surface area contributed by atoms with E-state index < -0.39 is 5.54 Å². The van der Waals surface area contributed by atoms with E-state index in [-0.39, 0.29) is 23.9 Å². The molecule has 4 N–H and O–H groups in total. The third kappa shape index (κ3) is 7.24. The summed E-state index contributed by atoms with van der Waals surface area (Å²) in [7, 11) is 4.00. The first-order chi connectivity index (χ1) is 21.5. The fraction of sp³-hybridized carbons (Fsp3) is 0.314. The molecule has 2 aliphatic heterocycles. The Bertz CT molecular complexity index is 1630. The fourth-order valence-corrected chi connectivity index (χ4v) is 5.67. The number of carbonyl (C=O) groups is 3. The SMILES string of the molecule is CCC(=O)Nc1ccc(C(=O)Nc2cccc(NC3=NCC4=C3CN(C(=O)N[C@H](CN(C)C)c3ccccc3)C4(C)C)c2)cc1. The topological polar surface area (TPSA) is 118 Å². The minimum absolute atomic E-state index is 0.0832. The van der Waals surface area contributed by atoms with Gasteiger partial charge < -0.3 is 31.1 Å². The highest BCUT2D eigenvalue weighted by atomic mass is 16.2. The second kappa shape index (κ2) is 13.4. The number of benzene rings is 3. The van der Waals surface area contributed by atoms with Crippen molar-refractivity contribution in [1.82, 2.24) is 15.1 Å². The second-order valence-electron chi connectivity index (χ2n) is 12.1. The average molecular weight is 608 g/mol. The summed E-state index contributed by atoms with van der Waals surface area (Å²) < 4.78 is 0. The zero-order chi connectivity index (χ0) is 32.1. The van der Waals surface area contributed by atoms with E-state index in [1.807, 2.05) is 73.6 Å². The number of carbonyl (C=O) groups excluding carboxylic acids is 3. The number of urea groups is 1. The molecule has 0 spiro atoms. The summed E-state index contributed by atoms with van der Waals surface area (Å²) in [5, 5.41) is 12.4. The van der Waals surface area contributed by atoms with Crippen LogP contribution in [0.2, 0.25) is 0 Å². The average Bonchev–Trinajstić information content (AvgIpc) is 3.54. The first-order valence-corrected chi connectivity index (χ1v) is 15.2. The normalized spacial score (nSPS) is 15.8. The van der Waals surface area contributed by atoms with Crippen molar-refractivity contribution in [1.29, 1.82) is 0 Å². The van der Waals surface area contributed by atoms with Crippen LogP contribution in [0.25, 0.3) is 0 Å². The van der Waals surface area contributed by atoms with Crippen LogP contribution in [-0.2, 0) is 4.79 Å². The molecule has 0 unspecified atom stereocenters. The molecule has 1 atom stereocenters. The van der Waals surface area contributed by atoms with Gasteiger partial charge in [0.05, 0.1) is 24.7 Å². The van der Waals surface area contributed by atoms with Gasteiger partial charge in [-0.3, -0.25) is 14.6 Å². The van der Waals surface area contributed by atoms with Gasteiger partial charge in [0.15, 0.2) is 0 Å². The molecule has 0 aliphatic carbocycles. The molecule has 0 aromatic heterocycles. The van der Waals surface area contributed by atoms with Gasteiger partial charge in [0.1, 0.15) is 5.84 Å². The molecule has 0 radical (unpaired) electrons. The molecular formula is C35H41N7O3. The number of nitrogens with zero attached hydrogens (tertiary/aromatic N) is 3. The maximum absolute atomic E-state index is 13.7. The number of anilines is 3. The van der Waals surface area contributed by atoms with Gasteiger partial charge in [-0.25, -0.2) is 4.79 Å². The maximum atomic E-state index is 13.7. The molecule has 0 bridgehead atoms. The summed E-state index contributed by atoms with van der Waals surface area (Å²) in [4.78, 5) is 47.0. The van der Waals surface area contributed by atoms with Crippen LogP contribution >= 0.6 is 0 Å². The molecule has 5 rings (SSSR count). The predicted octanol–water partition coefficient (Wildman–Crippen LogP) is 5.51. The van der Waals surface area contributed by atoms with E-state index in [0.717, 1.165) is 28.2 Å². The molecule has 4 amide bonds. The number of nitrogens with one attached hydrogen (secondary N) is 4. The Morgan fingerprint density at radius 1 is 0.911 bits per heavy atom. The summed E-state index contributed by atoms with van der Waals surface area (Å²) in [5.74, 6) is 0.389. The number of amides is 4. The summed E-state index contributed by atoms with van der Waals surface area (Å²) in [5.41, 5.74) is 5.21. The van der Waals surface area contributed by atoms with Crippen molar-refractivity contribution in [2.45, 2.75) is 38.8 Å². The second-order valence-corrected chi connectivity index (χ2v) is 12.1. The van der Waals surface area contributed by atoms with Crippen LogP contribution in [0.4, 0.5) is 21.9 Å². The number of hydrogen-bond donors (Lipinski definition) is 4. The first-order valence-electron chi connectivity index (χ1n) is 15.2. The number of likely N-dealkylation sites (N-methyl/N-ethyl adjacent to an activating group) is 1. The van der Waals surface area contributed by atoms with Crippen LogP contribution in [-0.4, -0.2) is 72.7 Å². The Balaban J connectivity index is 1.24. The molecule has 2 heterocycles. The van der Waals surface area contributed by atoms with E-state index in [1.165, 1.54) is 0 Å². The molecule has 45 heavy (non-hydrogen) atoms. The Kier molecular flexibility index (Phi) is 9.34. The molecule has 3 aromatic carbocycles. The van der Waals surface area contributed by atoms with E-state index in [9.17, 15) is 14.4 Å². The summed E-state index contributed by atoms with van der Waals surface area (Å²) >= 11 is 0. The zero-order valence-electron chi connectivity index (χ0n) is 26.5. The molecule has 3 aromatic rings. The summed E-state index contributed by atoms with van der Waals surface area (Å²) in [6, 6.07) is 24.0. The first kappa shape index (κ1) is 31.5. The van der Waals surface area contributed by atoms with Crippen LogP contribution in [0, 0.1) is 0 Å². The van der Waals surface area contributed by atoms with E-state index in [1.54, 1.807) is 31.2 Å². The van der Waals surface area contributed by atoms with Crippen molar-refractivity contribution in [3.05, 3.63) is 101 Å². The smallest absolute Gasteiger partial charge is 0.318 e. The van der Waals surface area contributed by atoms with Gasteiger partial charge in [0.2, 0.25) is 5.91 Å². The van der Waals surface area contributed by atoms with Gasteiger partial charge >= 0.3 is 6.03 Å². The molecule has 2 aliphatic rings. The van der Waals surface area contributed by atoms with Gasteiger partial charge in [-0.05, 0) is 81.5 Å². The highest BCUT2D eigenvalue weighted by Crippen LogP contribution is 2.38. The predicted molar refractivity (Wildman–Crippen MR) is 180 cm³/mol. The Hall–Kier alpha value is -4.96. The highest BCUT2D eigenvalue weighted by molar-refractivity contribution is 6.12. The lowest BCUT2D eigenvalue weighted by Crippen LogP contribution is -2.52. The van der Waals surface area contributed by atoms with Gasteiger partial charge in [0.25, 0.3) is 5.91 Å². The van der Waals surface area contributed by atoms with Gasteiger partial charge in [-0.15, -0.1) is 0 Å².